The summed E-state index contributed by atoms with van der Waals surface area (Å²) in [6.07, 6.45) is 32.5. The van der Waals surface area contributed by atoms with Crippen molar-refractivity contribution in [3.8, 4) is 23.0 Å². The molecule has 2 aliphatic heterocycles. The zero-order chi connectivity index (χ0) is 44.6. The Morgan fingerprint density at radius 3 is 0.809 bits per heavy atom. The number of aliphatic hydroxyl groups excluding tert-OH is 1. The lowest BCUT2D eigenvalue weighted by molar-refractivity contribution is -0.0110. The Morgan fingerprint density at radius 2 is 0.588 bits per heavy atom. The average molecular weight is 925 g/mol. The molecular weight excluding hydrogens is 845 g/mol. The van der Waals surface area contributed by atoms with Crippen LogP contribution in [0.1, 0.15) is 176 Å². The molecule has 0 spiro atoms. The predicted octanol–water partition coefficient (Wildman–Crippen LogP) is 11.9. The normalized spacial score (nSPS) is 48.0. The van der Waals surface area contributed by atoms with Gasteiger partial charge >= 0.3 is 0 Å². The van der Waals surface area contributed by atoms with Gasteiger partial charge in [-0.25, -0.2) is 0 Å². The molecule has 2 aromatic carbocycles. The largest absolute Gasteiger partial charge is 0.490 e. The van der Waals surface area contributed by atoms with Crippen LogP contribution in [0.2, 0.25) is 0 Å². The van der Waals surface area contributed by atoms with Gasteiger partial charge in [0.05, 0.1) is 13.2 Å². The molecule has 18 aliphatic rings. The van der Waals surface area contributed by atoms with Crippen LogP contribution in [0.4, 0.5) is 0 Å². The highest BCUT2D eigenvalue weighted by molar-refractivity contribution is 5.56. The van der Waals surface area contributed by atoms with Gasteiger partial charge in [-0.1, -0.05) is 0 Å². The lowest BCUT2D eigenvalue weighted by Gasteiger charge is -2.58. The second-order valence-electron chi connectivity index (χ2n) is 28.3. The van der Waals surface area contributed by atoms with Crippen molar-refractivity contribution < 1.29 is 33.5 Å². The van der Waals surface area contributed by atoms with Crippen LogP contribution >= 0.6 is 0 Å². The Labute approximate surface area is 406 Å². The molecule has 16 bridgehead atoms. The van der Waals surface area contributed by atoms with E-state index in [1.807, 2.05) is 0 Å². The van der Waals surface area contributed by atoms with E-state index in [2.05, 4.69) is 24.3 Å². The molecule has 7 nitrogen and oxygen atoms in total. The molecule has 0 radical (unpaired) electrons. The van der Waals surface area contributed by atoms with Crippen LogP contribution in [0.25, 0.3) is 0 Å². The molecule has 2 heterocycles. The summed E-state index contributed by atoms with van der Waals surface area (Å²) in [5, 5.41) is 12.2. The van der Waals surface area contributed by atoms with E-state index < -0.39 is 6.10 Å². The topological polar surface area (TPSA) is 82.2 Å². The number of rotatable bonds is 16. The molecule has 7 heteroatoms. The molecule has 366 valence electrons. The summed E-state index contributed by atoms with van der Waals surface area (Å²) >= 11 is 0. The monoisotopic (exact) mass is 925 g/mol. The van der Waals surface area contributed by atoms with E-state index in [0.29, 0.717) is 13.2 Å². The van der Waals surface area contributed by atoms with Crippen LogP contribution in [0.15, 0.2) is 24.3 Å². The zero-order valence-corrected chi connectivity index (χ0v) is 41.1. The van der Waals surface area contributed by atoms with Crippen LogP contribution in [0.5, 0.6) is 23.0 Å². The van der Waals surface area contributed by atoms with Gasteiger partial charge < -0.3 is 33.5 Å². The van der Waals surface area contributed by atoms with Crippen molar-refractivity contribution in [3.63, 3.8) is 0 Å². The number of benzene rings is 2. The van der Waals surface area contributed by atoms with Gasteiger partial charge in [0.15, 0.2) is 0 Å². The van der Waals surface area contributed by atoms with Gasteiger partial charge in [-0.05, 0) is 259 Å². The summed E-state index contributed by atoms with van der Waals surface area (Å²) in [6, 6.07) is 10.0. The predicted molar refractivity (Wildman–Crippen MR) is 260 cm³/mol. The number of hydrogen-bond donors (Lipinski definition) is 1. The third-order valence-electron chi connectivity index (χ3n) is 23.1. The Hall–Kier alpha value is -2.48. The first-order valence-electron chi connectivity index (χ1n) is 29.0. The molecule has 20 rings (SSSR count). The van der Waals surface area contributed by atoms with Gasteiger partial charge in [-0.2, -0.15) is 0 Å². The molecule has 2 aromatic rings. The van der Waals surface area contributed by atoms with Gasteiger partial charge in [0, 0.05) is 34.4 Å². The molecule has 18 fully saturated rings. The lowest BCUT2D eigenvalue weighted by Crippen LogP contribution is -2.50. The smallest absolute Gasteiger partial charge is 0.126 e. The molecule has 1 N–H and O–H groups in total. The Balaban J connectivity index is 0.735. The van der Waals surface area contributed by atoms with E-state index in [1.54, 1.807) is 0 Å². The van der Waals surface area contributed by atoms with Crippen LogP contribution in [0.3, 0.4) is 0 Å². The lowest BCUT2D eigenvalue weighted by atomic mass is 9.46. The molecule has 0 aromatic heterocycles. The third kappa shape index (κ3) is 7.06. The van der Waals surface area contributed by atoms with Crippen molar-refractivity contribution in [2.75, 3.05) is 39.6 Å². The second kappa shape index (κ2) is 15.3. The quantitative estimate of drug-likeness (QED) is 0.168. The summed E-state index contributed by atoms with van der Waals surface area (Å²) in [5.74, 6) is 14.2. The average Bonchev–Trinajstić information content (AvgIpc) is 4.24. The van der Waals surface area contributed by atoms with Gasteiger partial charge in [0.1, 0.15) is 67.7 Å². The summed E-state index contributed by atoms with van der Waals surface area (Å²) in [7, 11) is 0. The highest BCUT2D eigenvalue weighted by atomic mass is 16.6. The highest BCUT2D eigenvalue weighted by Gasteiger charge is 2.58. The number of hydrogen-bond acceptors (Lipinski definition) is 7. The van der Waals surface area contributed by atoms with E-state index in [4.69, 9.17) is 28.4 Å². The second-order valence-corrected chi connectivity index (χ2v) is 28.3. The van der Waals surface area contributed by atoms with E-state index in [9.17, 15) is 5.11 Å². The summed E-state index contributed by atoms with van der Waals surface area (Å²) in [5.41, 5.74) is 6.66. The summed E-state index contributed by atoms with van der Waals surface area (Å²) in [4.78, 5) is 0. The Morgan fingerprint density at radius 1 is 0.368 bits per heavy atom. The fourth-order valence-corrected chi connectivity index (χ4v) is 22.1. The van der Waals surface area contributed by atoms with Crippen molar-refractivity contribution in [1.29, 1.82) is 0 Å². The first kappa shape index (κ1) is 42.1. The molecule has 0 amide bonds. The molecular formula is C61H80O7. The Bertz CT molecular complexity index is 2020. The summed E-state index contributed by atoms with van der Waals surface area (Å²) < 4.78 is 39.5. The maximum absolute atomic E-state index is 12.2. The minimum Gasteiger partial charge on any atom is -0.490 e. The fraction of sp³-hybridized carbons (Fsp3) is 0.803. The van der Waals surface area contributed by atoms with Crippen molar-refractivity contribution in [1.82, 2.24) is 0 Å². The van der Waals surface area contributed by atoms with E-state index in [0.717, 1.165) is 107 Å². The maximum Gasteiger partial charge on any atom is 0.126 e. The number of ether oxygens (including phenoxy) is 6. The third-order valence-corrected chi connectivity index (χ3v) is 23.1. The van der Waals surface area contributed by atoms with Crippen molar-refractivity contribution in [3.05, 3.63) is 46.5 Å². The maximum atomic E-state index is 12.2. The van der Waals surface area contributed by atoms with Crippen LogP contribution in [-0.4, -0.2) is 63.1 Å². The van der Waals surface area contributed by atoms with Crippen LogP contribution in [-0.2, 0) is 31.1 Å². The molecule has 16 aliphatic carbocycles. The van der Waals surface area contributed by atoms with Crippen LogP contribution in [0, 0.1) is 71.0 Å². The van der Waals surface area contributed by atoms with E-state index >= 15 is 0 Å². The van der Waals surface area contributed by atoms with Crippen molar-refractivity contribution in [2.45, 2.75) is 194 Å². The highest BCUT2D eigenvalue weighted by Crippen LogP contribution is 2.68. The summed E-state index contributed by atoms with van der Waals surface area (Å²) in [6.45, 7) is 3.24. The van der Waals surface area contributed by atoms with Crippen LogP contribution < -0.4 is 18.9 Å². The minimum atomic E-state index is -0.775. The van der Waals surface area contributed by atoms with Crippen molar-refractivity contribution in [2.24, 2.45) is 71.0 Å². The molecule has 68 heavy (non-hydrogen) atoms. The van der Waals surface area contributed by atoms with Gasteiger partial charge in [0.25, 0.3) is 0 Å². The first-order chi connectivity index (χ1) is 33.2. The standard InChI is InChI=1S/C61H80O7/c62-47(29-65-54-15-56(67-33-48-31-63-48)52(60-23-41-7-42(24-60)9-43(8-41)25-60)13-50(54)58-17-35-1-36(18-58)3-37(2-35)19-58)30-66-55-16-57(68-34-49-32-64-49)53(61-26-44-10-45(27-61)12-46(11-44)28-61)14-51(55)59-20-38-4-39(21-59)6-40(5-38)22-59/h13-16,35-49,62H,1-12,17-34H2. The molecule has 16 saturated carbocycles. The molecule has 2 atom stereocenters. The number of epoxide rings is 2. The SMILES string of the molecule is OC(COc1cc(OCC2CO2)c(C23CC4CC(CC(C4)C2)C3)cc1C12CC3CC(CC(C3)C1)C2)COc1cc(OCC2CO2)c(C23CC4CC(CC(C4)C2)C3)cc1C12CC3CC(CC(C3)C1)C2. The van der Waals surface area contributed by atoms with Gasteiger partial charge in [-0.15, -0.1) is 0 Å². The zero-order valence-electron chi connectivity index (χ0n) is 41.1. The molecule has 2 unspecified atom stereocenters. The minimum absolute atomic E-state index is 0.161. The Kier molecular flexibility index (Phi) is 9.45. The van der Waals surface area contributed by atoms with E-state index in [1.165, 1.54) is 176 Å². The van der Waals surface area contributed by atoms with E-state index in [-0.39, 0.29) is 47.1 Å². The number of aliphatic hydroxyl groups is 1. The fourth-order valence-electron chi connectivity index (χ4n) is 22.1. The van der Waals surface area contributed by atoms with Gasteiger partial charge in [-0.3, -0.25) is 0 Å². The van der Waals surface area contributed by atoms with Crippen molar-refractivity contribution >= 4 is 0 Å². The van der Waals surface area contributed by atoms with Gasteiger partial charge in [0.2, 0.25) is 0 Å². The first-order valence-corrected chi connectivity index (χ1v) is 29.0. The molecule has 2 saturated heterocycles.